The molecule has 0 aliphatic carbocycles. The third-order valence-corrected chi connectivity index (χ3v) is 4.83. The first kappa shape index (κ1) is 21.8. The number of hydrogen-bond acceptors (Lipinski definition) is 4. The molecule has 0 aliphatic heterocycles. The average Bonchev–Trinajstić information content (AvgIpc) is 2.68. The fourth-order valence-electron chi connectivity index (χ4n) is 2.72. The number of unbranched alkanes of at least 4 members (excludes halogenated alkanes) is 2. The predicted molar refractivity (Wildman–Crippen MR) is 114 cm³/mol. The van der Waals surface area contributed by atoms with Gasteiger partial charge in [-0.3, -0.25) is 0 Å². The summed E-state index contributed by atoms with van der Waals surface area (Å²) >= 11 is 6.14. The van der Waals surface area contributed by atoms with Crippen molar-refractivity contribution in [3.8, 4) is 17.2 Å². The molecule has 28 heavy (non-hydrogen) atoms. The lowest BCUT2D eigenvalue weighted by Crippen LogP contribution is -2.04. The number of carbonyl (C=O) groups is 1. The number of esters is 1. The molecule has 0 amide bonds. The van der Waals surface area contributed by atoms with Crippen LogP contribution >= 0.6 is 11.6 Å². The SMILES string of the molecule is CCCCCOc1ccc(C=CC(=O)Oc2cc(C)c(Cl)c(C)c2)cc1OC. The number of halogens is 1. The monoisotopic (exact) mass is 402 g/mol. The van der Waals surface area contributed by atoms with Crippen LogP contribution in [0.15, 0.2) is 36.4 Å². The summed E-state index contributed by atoms with van der Waals surface area (Å²) in [6.45, 7) is 6.56. The standard InChI is InChI=1S/C23H27ClO4/c1-5-6-7-12-27-20-10-8-18(15-21(20)26-4)9-11-22(25)28-19-13-16(2)23(24)17(3)14-19/h8-11,13-15H,5-7,12H2,1-4H3. The largest absolute Gasteiger partial charge is 0.493 e. The van der Waals surface area contributed by atoms with E-state index in [2.05, 4.69) is 6.92 Å². The van der Waals surface area contributed by atoms with E-state index in [4.69, 9.17) is 25.8 Å². The van der Waals surface area contributed by atoms with Crippen LogP contribution in [0, 0.1) is 13.8 Å². The lowest BCUT2D eigenvalue weighted by atomic mass is 10.1. The summed E-state index contributed by atoms with van der Waals surface area (Å²) in [4.78, 5) is 12.1. The van der Waals surface area contributed by atoms with Crippen LogP contribution in [0.5, 0.6) is 17.2 Å². The van der Waals surface area contributed by atoms with Gasteiger partial charge >= 0.3 is 5.97 Å². The van der Waals surface area contributed by atoms with E-state index >= 15 is 0 Å². The van der Waals surface area contributed by atoms with Crippen molar-refractivity contribution in [2.75, 3.05) is 13.7 Å². The zero-order chi connectivity index (χ0) is 20.5. The van der Waals surface area contributed by atoms with Crippen LogP contribution in [0.4, 0.5) is 0 Å². The number of ether oxygens (including phenoxy) is 3. The second kappa shape index (κ2) is 10.8. The third-order valence-electron chi connectivity index (χ3n) is 4.23. The summed E-state index contributed by atoms with van der Waals surface area (Å²) in [6, 6.07) is 9.04. The van der Waals surface area contributed by atoms with Gasteiger partial charge in [0.15, 0.2) is 11.5 Å². The van der Waals surface area contributed by atoms with Crippen LogP contribution in [0.1, 0.15) is 42.9 Å². The topological polar surface area (TPSA) is 44.8 Å². The maximum atomic E-state index is 12.1. The number of methoxy groups -OCH3 is 1. The highest BCUT2D eigenvalue weighted by molar-refractivity contribution is 6.32. The van der Waals surface area contributed by atoms with Crippen molar-refractivity contribution in [3.63, 3.8) is 0 Å². The highest BCUT2D eigenvalue weighted by Crippen LogP contribution is 2.29. The van der Waals surface area contributed by atoms with Crippen LogP contribution in [0.25, 0.3) is 6.08 Å². The minimum absolute atomic E-state index is 0.458. The van der Waals surface area contributed by atoms with Crippen molar-refractivity contribution < 1.29 is 19.0 Å². The highest BCUT2D eigenvalue weighted by atomic mass is 35.5. The van der Waals surface area contributed by atoms with E-state index in [9.17, 15) is 4.79 Å². The third kappa shape index (κ3) is 6.31. The lowest BCUT2D eigenvalue weighted by Gasteiger charge is -2.11. The normalized spacial score (nSPS) is 10.9. The fourth-order valence-corrected chi connectivity index (χ4v) is 2.83. The molecular weight excluding hydrogens is 376 g/mol. The molecule has 0 saturated carbocycles. The Bertz CT molecular complexity index is 819. The lowest BCUT2D eigenvalue weighted by molar-refractivity contribution is -0.128. The molecule has 0 aromatic heterocycles. The van der Waals surface area contributed by atoms with Gasteiger partial charge in [0.2, 0.25) is 0 Å². The van der Waals surface area contributed by atoms with Crippen LogP contribution in [-0.2, 0) is 4.79 Å². The average molecular weight is 403 g/mol. The van der Waals surface area contributed by atoms with Gasteiger partial charge in [-0.1, -0.05) is 37.4 Å². The van der Waals surface area contributed by atoms with Gasteiger partial charge in [-0.05, 0) is 67.3 Å². The summed E-state index contributed by atoms with van der Waals surface area (Å²) in [5.74, 6) is 1.35. The predicted octanol–water partition coefficient (Wildman–Crippen LogP) is 6.15. The number of rotatable bonds is 9. The molecule has 0 heterocycles. The number of benzene rings is 2. The van der Waals surface area contributed by atoms with Gasteiger partial charge in [0.25, 0.3) is 0 Å². The Morgan fingerprint density at radius 3 is 2.43 bits per heavy atom. The maximum Gasteiger partial charge on any atom is 0.336 e. The molecule has 0 fully saturated rings. The van der Waals surface area contributed by atoms with E-state index in [1.165, 1.54) is 6.08 Å². The molecule has 0 radical (unpaired) electrons. The molecule has 0 bridgehead atoms. The molecule has 2 aromatic carbocycles. The van der Waals surface area contributed by atoms with E-state index in [1.54, 1.807) is 25.3 Å². The van der Waals surface area contributed by atoms with Crippen molar-refractivity contribution >= 4 is 23.6 Å². The summed E-state index contributed by atoms with van der Waals surface area (Å²) in [7, 11) is 1.60. The van der Waals surface area contributed by atoms with E-state index in [0.717, 1.165) is 36.0 Å². The quantitative estimate of drug-likeness (QED) is 0.218. The van der Waals surface area contributed by atoms with Crippen LogP contribution in [-0.4, -0.2) is 19.7 Å². The second-order valence-corrected chi connectivity index (χ2v) is 6.97. The zero-order valence-electron chi connectivity index (χ0n) is 16.9. The van der Waals surface area contributed by atoms with Crippen molar-refractivity contribution in [3.05, 3.63) is 58.1 Å². The van der Waals surface area contributed by atoms with E-state index in [-0.39, 0.29) is 0 Å². The van der Waals surface area contributed by atoms with Gasteiger partial charge in [0.05, 0.1) is 13.7 Å². The molecule has 0 N–H and O–H groups in total. The van der Waals surface area contributed by atoms with Gasteiger partial charge < -0.3 is 14.2 Å². The maximum absolute atomic E-state index is 12.1. The van der Waals surface area contributed by atoms with E-state index in [0.29, 0.717) is 28.9 Å². The smallest absolute Gasteiger partial charge is 0.336 e. The first-order chi connectivity index (χ1) is 13.4. The van der Waals surface area contributed by atoms with E-state index in [1.807, 2.05) is 32.0 Å². The Labute approximate surface area is 172 Å². The van der Waals surface area contributed by atoms with Gasteiger partial charge in [-0.2, -0.15) is 0 Å². The molecular formula is C23H27ClO4. The Morgan fingerprint density at radius 2 is 1.79 bits per heavy atom. The number of aryl methyl sites for hydroxylation is 2. The molecule has 5 heteroatoms. The summed E-state index contributed by atoms with van der Waals surface area (Å²) in [5.41, 5.74) is 2.55. The minimum atomic E-state index is -0.458. The summed E-state index contributed by atoms with van der Waals surface area (Å²) < 4.78 is 16.5. The van der Waals surface area contributed by atoms with Crippen LogP contribution in [0.2, 0.25) is 5.02 Å². The first-order valence-electron chi connectivity index (χ1n) is 9.42. The minimum Gasteiger partial charge on any atom is -0.493 e. The molecule has 0 unspecified atom stereocenters. The Hall–Kier alpha value is -2.46. The summed E-state index contributed by atoms with van der Waals surface area (Å²) in [5, 5.41) is 0.680. The molecule has 2 rings (SSSR count). The number of hydrogen-bond donors (Lipinski definition) is 0. The van der Waals surface area contributed by atoms with Gasteiger partial charge in [-0.25, -0.2) is 4.79 Å². The molecule has 0 spiro atoms. The van der Waals surface area contributed by atoms with Crippen molar-refractivity contribution in [2.45, 2.75) is 40.0 Å². The first-order valence-corrected chi connectivity index (χ1v) is 9.80. The van der Waals surface area contributed by atoms with Crippen molar-refractivity contribution in [2.24, 2.45) is 0 Å². The zero-order valence-corrected chi connectivity index (χ0v) is 17.6. The van der Waals surface area contributed by atoms with Gasteiger partial charge in [0, 0.05) is 11.1 Å². The van der Waals surface area contributed by atoms with Gasteiger partial charge in [0.1, 0.15) is 5.75 Å². The molecule has 0 atom stereocenters. The molecule has 4 nitrogen and oxygen atoms in total. The van der Waals surface area contributed by atoms with Crippen LogP contribution in [0.3, 0.4) is 0 Å². The van der Waals surface area contributed by atoms with Crippen molar-refractivity contribution in [1.29, 1.82) is 0 Å². The Morgan fingerprint density at radius 1 is 1.07 bits per heavy atom. The van der Waals surface area contributed by atoms with Gasteiger partial charge in [-0.15, -0.1) is 0 Å². The highest BCUT2D eigenvalue weighted by Gasteiger charge is 2.08. The second-order valence-electron chi connectivity index (χ2n) is 6.59. The van der Waals surface area contributed by atoms with Crippen molar-refractivity contribution in [1.82, 2.24) is 0 Å². The van der Waals surface area contributed by atoms with E-state index < -0.39 is 5.97 Å². The Kier molecular flexibility index (Phi) is 8.40. The number of carbonyl (C=O) groups excluding carboxylic acids is 1. The fraction of sp³-hybridized carbons (Fsp3) is 0.348. The molecule has 2 aromatic rings. The molecule has 150 valence electrons. The van der Waals surface area contributed by atoms with Crippen LogP contribution < -0.4 is 14.2 Å². The Balaban J connectivity index is 2.01. The molecule has 0 saturated heterocycles. The molecule has 0 aliphatic rings. The summed E-state index contributed by atoms with van der Waals surface area (Å²) in [6.07, 6.45) is 6.36.